The van der Waals surface area contributed by atoms with Gasteiger partial charge >= 0.3 is 0 Å². The van der Waals surface area contributed by atoms with Gasteiger partial charge in [0.25, 0.3) is 8.32 Å². The van der Waals surface area contributed by atoms with Gasteiger partial charge in [-0.3, -0.25) is 9.59 Å². The van der Waals surface area contributed by atoms with Crippen molar-refractivity contribution in [3.05, 3.63) is 41.5 Å². The van der Waals surface area contributed by atoms with Crippen LogP contribution in [0.5, 0.6) is 5.75 Å². The minimum atomic E-state index is -2.03. The van der Waals surface area contributed by atoms with E-state index in [4.69, 9.17) is 4.43 Å². The summed E-state index contributed by atoms with van der Waals surface area (Å²) in [6, 6.07) is 5.21. The molecule has 0 amide bonds. The molecule has 1 aliphatic rings. The van der Waals surface area contributed by atoms with Gasteiger partial charge in [0, 0.05) is 11.1 Å². The smallest absolute Gasteiger partial charge is 0.251 e. The van der Waals surface area contributed by atoms with Crippen LogP contribution < -0.4 is 4.43 Å². The van der Waals surface area contributed by atoms with E-state index in [9.17, 15) is 9.59 Å². The third-order valence-corrected chi connectivity index (χ3v) is 9.70. The van der Waals surface area contributed by atoms with Gasteiger partial charge in [-0.15, -0.1) is 0 Å². The summed E-state index contributed by atoms with van der Waals surface area (Å²) >= 11 is 0. The monoisotopic (exact) mass is 316 g/mol. The maximum atomic E-state index is 12.0. The maximum Gasteiger partial charge on any atom is 0.251 e. The Hall–Kier alpha value is -1.68. The SMILES string of the molecule is CC(C)C(C)(C)[Si](C)(C)Oc1ccc2c(c1)C(=O)C=CC2=O. The van der Waals surface area contributed by atoms with E-state index in [-0.39, 0.29) is 16.6 Å². The van der Waals surface area contributed by atoms with Crippen LogP contribution in [0.15, 0.2) is 30.4 Å². The first kappa shape index (κ1) is 16.7. The van der Waals surface area contributed by atoms with Crippen LogP contribution in [-0.2, 0) is 0 Å². The van der Waals surface area contributed by atoms with Gasteiger partial charge in [-0.2, -0.15) is 0 Å². The van der Waals surface area contributed by atoms with E-state index in [0.29, 0.717) is 22.8 Å². The lowest BCUT2D eigenvalue weighted by Crippen LogP contribution is -2.48. The number of ketones is 2. The lowest BCUT2D eigenvalue weighted by atomic mass is 9.95. The molecule has 2 rings (SSSR count). The van der Waals surface area contributed by atoms with Crippen molar-refractivity contribution in [3.63, 3.8) is 0 Å². The van der Waals surface area contributed by atoms with Gasteiger partial charge in [0.1, 0.15) is 5.75 Å². The average molecular weight is 316 g/mol. The van der Waals surface area contributed by atoms with Gasteiger partial charge in [0.15, 0.2) is 11.6 Å². The largest absolute Gasteiger partial charge is 0.543 e. The third kappa shape index (κ3) is 2.80. The molecule has 4 heteroatoms. The Morgan fingerprint density at radius 3 is 2.09 bits per heavy atom. The summed E-state index contributed by atoms with van der Waals surface area (Å²) in [5.74, 6) is 0.918. The second-order valence-corrected chi connectivity index (χ2v) is 11.8. The predicted octanol–water partition coefficient (Wildman–Crippen LogP) is 4.64. The van der Waals surface area contributed by atoms with E-state index < -0.39 is 8.32 Å². The Bertz CT molecular complexity index is 654. The fourth-order valence-corrected chi connectivity index (χ4v) is 4.83. The van der Waals surface area contributed by atoms with Crippen LogP contribution in [0.25, 0.3) is 0 Å². The minimum absolute atomic E-state index is 0.0859. The summed E-state index contributed by atoms with van der Waals surface area (Å²) in [4.78, 5) is 23.8. The van der Waals surface area contributed by atoms with E-state index >= 15 is 0 Å². The number of rotatable bonds is 4. The molecule has 0 heterocycles. The first-order chi connectivity index (χ1) is 10.1. The van der Waals surface area contributed by atoms with E-state index in [2.05, 4.69) is 40.8 Å². The van der Waals surface area contributed by atoms with Crippen molar-refractivity contribution in [2.24, 2.45) is 5.92 Å². The van der Waals surface area contributed by atoms with E-state index in [1.54, 1.807) is 18.2 Å². The van der Waals surface area contributed by atoms with Crippen LogP contribution in [0.3, 0.4) is 0 Å². The van der Waals surface area contributed by atoms with E-state index in [1.807, 2.05) is 0 Å². The van der Waals surface area contributed by atoms with E-state index in [1.165, 1.54) is 12.2 Å². The molecule has 22 heavy (non-hydrogen) atoms. The Kier molecular flexibility index (Phi) is 4.17. The highest BCUT2D eigenvalue weighted by molar-refractivity contribution is 6.75. The fourth-order valence-electron chi connectivity index (χ4n) is 2.46. The van der Waals surface area contributed by atoms with E-state index in [0.717, 1.165) is 0 Å². The van der Waals surface area contributed by atoms with Crippen LogP contribution in [0, 0.1) is 5.92 Å². The lowest BCUT2D eigenvalue weighted by Gasteiger charge is -2.42. The van der Waals surface area contributed by atoms with Gasteiger partial charge in [-0.1, -0.05) is 27.7 Å². The number of allylic oxidation sites excluding steroid dienone is 2. The van der Waals surface area contributed by atoms with Crippen molar-refractivity contribution in [2.75, 3.05) is 0 Å². The molecule has 0 atom stereocenters. The second-order valence-electron chi connectivity index (χ2n) is 7.26. The summed E-state index contributed by atoms with van der Waals surface area (Å²) in [7, 11) is -2.03. The van der Waals surface area contributed by atoms with Crippen molar-refractivity contribution < 1.29 is 14.0 Å². The lowest BCUT2D eigenvalue weighted by molar-refractivity contribution is 0.0994. The Labute approximate surface area is 133 Å². The molecule has 0 aromatic heterocycles. The number of hydrogen-bond acceptors (Lipinski definition) is 3. The highest BCUT2D eigenvalue weighted by atomic mass is 28.4. The zero-order valence-electron chi connectivity index (χ0n) is 14.2. The Balaban J connectivity index is 2.35. The molecule has 3 nitrogen and oxygen atoms in total. The second kappa shape index (κ2) is 5.50. The number of hydrogen-bond donors (Lipinski definition) is 0. The molecule has 1 aliphatic carbocycles. The van der Waals surface area contributed by atoms with Gasteiger partial charge in [-0.25, -0.2) is 0 Å². The molecule has 0 saturated carbocycles. The summed E-state index contributed by atoms with van der Waals surface area (Å²) < 4.78 is 6.33. The summed E-state index contributed by atoms with van der Waals surface area (Å²) in [6.45, 7) is 13.3. The maximum absolute atomic E-state index is 12.0. The molecular formula is C18H24O3Si. The quantitative estimate of drug-likeness (QED) is 0.760. The Morgan fingerprint density at radius 2 is 1.55 bits per heavy atom. The van der Waals surface area contributed by atoms with Crippen LogP contribution in [0.4, 0.5) is 0 Å². The molecule has 0 saturated heterocycles. The number of benzene rings is 1. The van der Waals surface area contributed by atoms with Gasteiger partial charge in [0.05, 0.1) is 0 Å². The van der Waals surface area contributed by atoms with Crippen molar-refractivity contribution >= 4 is 19.9 Å². The predicted molar refractivity (Wildman–Crippen MR) is 91.2 cm³/mol. The van der Waals surface area contributed by atoms with Crippen LogP contribution in [0.2, 0.25) is 18.1 Å². The molecule has 1 aromatic carbocycles. The number of fused-ring (bicyclic) bond motifs is 1. The molecule has 0 radical (unpaired) electrons. The van der Waals surface area contributed by atoms with Gasteiger partial charge in [-0.05, 0) is 54.4 Å². The van der Waals surface area contributed by atoms with Crippen molar-refractivity contribution in [1.29, 1.82) is 0 Å². The van der Waals surface area contributed by atoms with Crippen LogP contribution >= 0.6 is 0 Å². The number of carbonyl (C=O) groups is 2. The van der Waals surface area contributed by atoms with Crippen molar-refractivity contribution in [2.45, 2.75) is 45.8 Å². The zero-order chi connectivity index (χ0) is 16.7. The normalized spacial score (nSPS) is 15.2. The molecule has 1 aromatic rings. The van der Waals surface area contributed by atoms with Crippen LogP contribution in [0.1, 0.15) is 48.4 Å². The first-order valence-electron chi connectivity index (χ1n) is 7.66. The van der Waals surface area contributed by atoms with Crippen LogP contribution in [-0.4, -0.2) is 19.9 Å². The molecule has 0 bridgehead atoms. The molecule has 0 fully saturated rings. The molecular weight excluding hydrogens is 292 g/mol. The van der Waals surface area contributed by atoms with Gasteiger partial charge in [0.2, 0.25) is 0 Å². The zero-order valence-corrected chi connectivity index (χ0v) is 15.2. The van der Waals surface area contributed by atoms with Crippen molar-refractivity contribution in [3.8, 4) is 5.75 Å². The minimum Gasteiger partial charge on any atom is -0.543 e. The molecule has 0 aliphatic heterocycles. The molecule has 0 N–H and O–H groups in total. The fraction of sp³-hybridized carbons (Fsp3) is 0.444. The Morgan fingerprint density at radius 1 is 1.00 bits per heavy atom. The number of carbonyl (C=O) groups excluding carboxylic acids is 2. The summed E-state index contributed by atoms with van der Waals surface area (Å²) in [6.07, 6.45) is 2.65. The molecule has 0 unspecified atom stereocenters. The topological polar surface area (TPSA) is 43.4 Å². The van der Waals surface area contributed by atoms with Crippen molar-refractivity contribution in [1.82, 2.24) is 0 Å². The average Bonchev–Trinajstić information content (AvgIpc) is 2.42. The summed E-state index contributed by atoms with van der Waals surface area (Å²) in [5.41, 5.74) is 0.902. The molecule has 118 valence electrons. The standard InChI is InChI=1S/C18H24O3Si/c1-12(2)18(3,4)22(5,6)21-13-7-8-14-15(11-13)17(20)10-9-16(14)19/h7-12H,1-6H3. The third-order valence-electron chi connectivity index (χ3n) is 5.28. The van der Waals surface area contributed by atoms with Gasteiger partial charge < -0.3 is 4.43 Å². The molecule has 0 spiro atoms. The highest BCUT2D eigenvalue weighted by Gasteiger charge is 2.45. The first-order valence-corrected chi connectivity index (χ1v) is 10.6. The summed E-state index contributed by atoms with van der Waals surface area (Å²) in [5, 5.41) is 0.0859. The highest BCUT2D eigenvalue weighted by Crippen LogP contribution is 2.45.